The fraction of sp³-hybridized carbons (Fsp3) is 0. The Morgan fingerprint density at radius 3 is 0.400 bits per heavy atom. The SMILES string of the molecule is [O-2].[O-2].[O-2].[Ta+5].[Ta+5]. The zero-order valence-corrected chi connectivity index (χ0v) is 8.55. The molecule has 0 atom stereocenters. The van der Waals surface area contributed by atoms with Crippen molar-refractivity contribution >= 4 is 0 Å². The third-order valence-electron chi connectivity index (χ3n) is 0. The van der Waals surface area contributed by atoms with Crippen LogP contribution in [0.15, 0.2) is 0 Å². The minimum absolute atomic E-state index is 0. The van der Waals surface area contributed by atoms with E-state index in [4.69, 9.17) is 0 Å². The summed E-state index contributed by atoms with van der Waals surface area (Å²) in [4.78, 5) is 0. The van der Waals surface area contributed by atoms with Gasteiger partial charge in [0.2, 0.25) is 0 Å². The Labute approximate surface area is 61.1 Å². The molecule has 0 rings (SSSR count). The van der Waals surface area contributed by atoms with Crippen LogP contribution in [-0.2, 0) is 61.2 Å². The molecule has 0 amide bonds. The molecule has 0 bridgehead atoms. The molecule has 0 aliphatic rings. The second-order valence-electron chi connectivity index (χ2n) is 0. The van der Waals surface area contributed by atoms with E-state index in [1.807, 2.05) is 0 Å². The summed E-state index contributed by atoms with van der Waals surface area (Å²) in [6, 6.07) is 0. The Hall–Kier alpha value is 1.36. The average Bonchev–Trinajstić information content (AvgIpc) is 0. The van der Waals surface area contributed by atoms with Crippen LogP contribution in [0.2, 0.25) is 0 Å². The van der Waals surface area contributed by atoms with Gasteiger partial charge >= 0.3 is 44.8 Å². The Bertz CT molecular complexity index is 4.85. The Morgan fingerprint density at radius 2 is 0.400 bits per heavy atom. The van der Waals surface area contributed by atoms with Gasteiger partial charge in [-0.25, -0.2) is 0 Å². The third-order valence-corrected chi connectivity index (χ3v) is 0. The average molecular weight is 410 g/mol. The molecule has 0 aromatic heterocycles. The molecule has 0 spiro atoms. The first-order valence-corrected chi connectivity index (χ1v) is 0. The van der Waals surface area contributed by atoms with E-state index in [2.05, 4.69) is 0 Å². The van der Waals surface area contributed by atoms with Crippen LogP contribution in [0.3, 0.4) is 0 Å². The van der Waals surface area contributed by atoms with E-state index in [1.54, 1.807) is 0 Å². The van der Waals surface area contributed by atoms with Crippen molar-refractivity contribution in [1.29, 1.82) is 0 Å². The fourth-order valence-electron chi connectivity index (χ4n) is 0. The quantitative estimate of drug-likeness (QED) is 0.523. The second kappa shape index (κ2) is 55.1. The van der Waals surface area contributed by atoms with Gasteiger partial charge < -0.3 is 16.4 Å². The summed E-state index contributed by atoms with van der Waals surface area (Å²) in [7, 11) is 0. The van der Waals surface area contributed by atoms with Crippen LogP contribution >= 0.6 is 0 Å². The zero-order chi connectivity index (χ0) is 0. The number of hydrogen-bond acceptors (Lipinski definition) is 0. The van der Waals surface area contributed by atoms with Crippen molar-refractivity contribution in [2.45, 2.75) is 0 Å². The molecule has 24 valence electrons. The molecule has 0 heterocycles. The summed E-state index contributed by atoms with van der Waals surface area (Å²) in [5.41, 5.74) is 0. The first-order chi connectivity index (χ1) is 0. The molecule has 0 N–H and O–H groups in total. The summed E-state index contributed by atoms with van der Waals surface area (Å²) in [5.74, 6) is 0. The Kier molecular flexibility index (Phi) is 1090. The minimum Gasteiger partial charge on any atom is -2.00 e. The minimum atomic E-state index is 0. The van der Waals surface area contributed by atoms with Crippen molar-refractivity contribution in [1.82, 2.24) is 0 Å². The van der Waals surface area contributed by atoms with E-state index in [0.717, 1.165) is 0 Å². The molecule has 0 unspecified atom stereocenters. The molecule has 3 nitrogen and oxygen atoms in total. The molecular weight excluding hydrogens is 410 g/mol. The molecule has 0 saturated heterocycles. The normalized spacial score (nSPS) is 0. The molecular formula is O3Ta2+4. The number of hydrogen-bond donors (Lipinski definition) is 0. The van der Waals surface area contributed by atoms with Crippen LogP contribution in [0, 0.1) is 0 Å². The maximum Gasteiger partial charge on any atom is 5.00 e. The molecule has 0 radical (unpaired) electrons. The summed E-state index contributed by atoms with van der Waals surface area (Å²) in [5, 5.41) is 0. The summed E-state index contributed by atoms with van der Waals surface area (Å²) >= 11 is 0. The second-order valence-corrected chi connectivity index (χ2v) is 0. The predicted octanol–water partition coefficient (Wildman–Crippen LogP) is -0.361. The van der Waals surface area contributed by atoms with Gasteiger partial charge in [0.15, 0.2) is 0 Å². The smallest absolute Gasteiger partial charge is 2.00 e. The molecule has 0 aliphatic heterocycles. The Balaban J connectivity index is 0. The van der Waals surface area contributed by atoms with E-state index in [0.29, 0.717) is 0 Å². The summed E-state index contributed by atoms with van der Waals surface area (Å²) in [6.45, 7) is 0. The zero-order valence-electron chi connectivity index (χ0n) is 2.12. The molecule has 0 aromatic rings. The van der Waals surface area contributed by atoms with Gasteiger partial charge in [0.25, 0.3) is 0 Å². The monoisotopic (exact) mass is 410 g/mol. The van der Waals surface area contributed by atoms with E-state index >= 15 is 0 Å². The maximum absolute atomic E-state index is 0. The largest absolute Gasteiger partial charge is 5.00 e. The van der Waals surface area contributed by atoms with Gasteiger partial charge in [0.05, 0.1) is 0 Å². The van der Waals surface area contributed by atoms with E-state index in [9.17, 15) is 0 Å². The van der Waals surface area contributed by atoms with E-state index < -0.39 is 0 Å². The van der Waals surface area contributed by atoms with Gasteiger partial charge in [-0.05, 0) is 0 Å². The van der Waals surface area contributed by atoms with Crippen molar-refractivity contribution in [2.75, 3.05) is 0 Å². The first kappa shape index (κ1) is 98.7. The van der Waals surface area contributed by atoms with Crippen LogP contribution in [0.1, 0.15) is 0 Å². The van der Waals surface area contributed by atoms with Crippen LogP contribution < -0.4 is 0 Å². The van der Waals surface area contributed by atoms with Gasteiger partial charge in [-0.1, -0.05) is 0 Å². The van der Waals surface area contributed by atoms with Crippen LogP contribution in [0.25, 0.3) is 0 Å². The molecule has 0 aliphatic carbocycles. The van der Waals surface area contributed by atoms with Gasteiger partial charge in [-0.15, -0.1) is 0 Å². The van der Waals surface area contributed by atoms with E-state index in [1.165, 1.54) is 0 Å². The van der Waals surface area contributed by atoms with Crippen LogP contribution in [0.5, 0.6) is 0 Å². The maximum atomic E-state index is 0. The summed E-state index contributed by atoms with van der Waals surface area (Å²) < 4.78 is 0. The number of rotatable bonds is 0. The van der Waals surface area contributed by atoms with E-state index in [-0.39, 0.29) is 61.2 Å². The first-order valence-electron chi connectivity index (χ1n) is 0. The predicted molar refractivity (Wildman–Crippen MR) is 2.06 cm³/mol. The van der Waals surface area contributed by atoms with Crippen molar-refractivity contribution in [3.63, 3.8) is 0 Å². The van der Waals surface area contributed by atoms with Crippen LogP contribution in [0.4, 0.5) is 0 Å². The molecule has 5 heavy (non-hydrogen) atoms. The fourth-order valence-corrected chi connectivity index (χ4v) is 0. The summed E-state index contributed by atoms with van der Waals surface area (Å²) in [6.07, 6.45) is 0. The van der Waals surface area contributed by atoms with Crippen molar-refractivity contribution < 1.29 is 61.2 Å². The van der Waals surface area contributed by atoms with Gasteiger partial charge in [0, 0.05) is 0 Å². The van der Waals surface area contributed by atoms with Gasteiger partial charge in [0.1, 0.15) is 0 Å². The Morgan fingerprint density at radius 1 is 0.400 bits per heavy atom. The van der Waals surface area contributed by atoms with Crippen molar-refractivity contribution in [3.05, 3.63) is 0 Å². The van der Waals surface area contributed by atoms with Gasteiger partial charge in [-0.3, -0.25) is 0 Å². The standard InChI is InChI=1S/3O.2Ta/q3*-2;2*+5. The molecule has 0 saturated carbocycles. The third kappa shape index (κ3) is 32.7. The van der Waals surface area contributed by atoms with Gasteiger partial charge in [-0.2, -0.15) is 0 Å². The molecule has 0 fully saturated rings. The topological polar surface area (TPSA) is 85.5 Å². The molecule has 5 heteroatoms. The molecule has 0 aromatic carbocycles. The van der Waals surface area contributed by atoms with Crippen LogP contribution in [-0.4, -0.2) is 0 Å². The van der Waals surface area contributed by atoms with Crippen molar-refractivity contribution in [3.8, 4) is 0 Å². The van der Waals surface area contributed by atoms with Crippen molar-refractivity contribution in [2.24, 2.45) is 0 Å².